The molecule has 1 unspecified atom stereocenters. The van der Waals surface area contributed by atoms with Gasteiger partial charge in [0.15, 0.2) is 0 Å². The Morgan fingerprint density at radius 3 is 2.46 bits per heavy atom. The number of nitrogens with one attached hydrogen (secondary N) is 2. The predicted octanol–water partition coefficient (Wildman–Crippen LogP) is 4.32. The molecule has 2 aliphatic heterocycles. The number of fused-ring (bicyclic) bond motifs is 1. The Balaban J connectivity index is 1.21. The Kier molecular flexibility index (Phi) is 6.79. The van der Waals surface area contributed by atoms with Gasteiger partial charge in [-0.15, -0.1) is 0 Å². The van der Waals surface area contributed by atoms with E-state index < -0.39 is 28.7 Å². The van der Waals surface area contributed by atoms with E-state index in [1.54, 1.807) is 24.6 Å². The molecule has 0 spiro atoms. The zero-order valence-corrected chi connectivity index (χ0v) is 21.2. The number of hydrogen-bond acceptors (Lipinski definition) is 5. The molecule has 1 aliphatic carbocycles. The van der Waals surface area contributed by atoms with E-state index in [0.29, 0.717) is 12.0 Å². The summed E-state index contributed by atoms with van der Waals surface area (Å²) >= 11 is 0. The summed E-state index contributed by atoms with van der Waals surface area (Å²) in [5, 5.41) is 19.5. The van der Waals surface area contributed by atoms with Crippen molar-refractivity contribution in [2.75, 3.05) is 31.5 Å². The van der Waals surface area contributed by atoms with Crippen molar-refractivity contribution in [3.8, 4) is 6.07 Å². The first-order valence-corrected chi connectivity index (χ1v) is 13.0. The van der Waals surface area contributed by atoms with E-state index in [4.69, 9.17) is 5.26 Å². The molecule has 1 aromatic carbocycles. The van der Waals surface area contributed by atoms with E-state index in [-0.39, 0.29) is 5.69 Å². The van der Waals surface area contributed by atoms with Crippen LogP contribution in [0.25, 0.3) is 0 Å². The minimum absolute atomic E-state index is 0.0176. The predicted molar refractivity (Wildman–Crippen MR) is 133 cm³/mol. The van der Waals surface area contributed by atoms with Gasteiger partial charge in [0.05, 0.1) is 23.4 Å². The topological polar surface area (TPSA) is 86.0 Å². The summed E-state index contributed by atoms with van der Waals surface area (Å²) in [6, 6.07) is 5.41. The van der Waals surface area contributed by atoms with Crippen molar-refractivity contribution in [2.45, 2.75) is 63.2 Å². The molecule has 3 atom stereocenters. The molecule has 3 aliphatic rings. The zero-order chi connectivity index (χ0) is 26.4. The molecule has 2 saturated heterocycles. The highest BCUT2D eigenvalue weighted by Gasteiger charge is 2.41. The van der Waals surface area contributed by atoms with E-state index >= 15 is 0 Å². The van der Waals surface area contributed by atoms with E-state index in [0.717, 1.165) is 68.6 Å². The summed E-state index contributed by atoms with van der Waals surface area (Å²) < 4.78 is 41.5. The number of benzene rings is 1. The lowest BCUT2D eigenvalue weighted by molar-refractivity contribution is -0.137. The first-order chi connectivity index (χ1) is 17.6. The average Bonchev–Trinajstić information content (AvgIpc) is 3.60. The van der Waals surface area contributed by atoms with Crippen LogP contribution < -0.4 is 10.6 Å². The highest BCUT2D eigenvalue weighted by molar-refractivity contribution is 5.96. The summed E-state index contributed by atoms with van der Waals surface area (Å²) in [4.78, 5) is 15.7. The third-order valence-electron chi connectivity index (χ3n) is 8.58. The molecular weight excluding hydrogens is 481 g/mol. The van der Waals surface area contributed by atoms with Crippen LogP contribution in [-0.2, 0) is 16.5 Å². The number of nitrogens with zero attached hydrogens (tertiary/aromatic N) is 4. The van der Waals surface area contributed by atoms with Crippen LogP contribution in [0.15, 0.2) is 30.6 Å². The van der Waals surface area contributed by atoms with Crippen LogP contribution in [0.1, 0.15) is 62.1 Å². The Bertz CT molecular complexity index is 1180. The van der Waals surface area contributed by atoms with Gasteiger partial charge in [-0.2, -0.15) is 23.5 Å². The molecule has 2 N–H and O–H groups in total. The van der Waals surface area contributed by atoms with Crippen LogP contribution >= 0.6 is 0 Å². The van der Waals surface area contributed by atoms with Gasteiger partial charge in [0.1, 0.15) is 5.54 Å². The second-order valence-corrected chi connectivity index (χ2v) is 11.2. The summed E-state index contributed by atoms with van der Waals surface area (Å²) in [6.07, 6.45) is 3.71. The number of carbonyl (C=O) groups is 1. The lowest BCUT2D eigenvalue weighted by Gasteiger charge is -2.36. The Morgan fingerprint density at radius 2 is 1.84 bits per heavy atom. The third kappa shape index (κ3) is 5.12. The minimum atomic E-state index is -4.69. The lowest BCUT2D eigenvalue weighted by Crippen LogP contribution is -2.41. The number of likely N-dealkylation sites (tertiary alicyclic amines) is 1. The number of rotatable bonds is 5. The highest BCUT2D eigenvalue weighted by Crippen LogP contribution is 2.39. The number of aromatic nitrogens is 2. The summed E-state index contributed by atoms with van der Waals surface area (Å²) in [7, 11) is 0. The fourth-order valence-corrected chi connectivity index (χ4v) is 6.23. The van der Waals surface area contributed by atoms with Gasteiger partial charge in [-0.1, -0.05) is 0 Å². The molecule has 3 heterocycles. The number of nitriles is 1. The van der Waals surface area contributed by atoms with Crippen molar-refractivity contribution in [2.24, 2.45) is 11.8 Å². The summed E-state index contributed by atoms with van der Waals surface area (Å²) in [5.74, 6) is 1.55. The first kappa shape index (κ1) is 25.7. The van der Waals surface area contributed by atoms with E-state index in [9.17, 15) is 18.0 Å². The normalized spacial score (nSPS) is 25.1. The Labute approximate surface area is 215 Å². The second kappa shape index (κ2) is 9.76. The lowest BCUT2D eigenvalue weighted by atomic mass is 9.90. The SMILES string of the molecule is CC(C)(C(=O)Nc1ccc(C#N)c(C(F)(F)F)c1)n1cc(C2CCN(C3C[C@H]4CNC[C@H]4C3)CC2)cn1. The van der Waals surface area contributed by atoms with Crippen molar-refractivity contribution in [1.29, 1.82) is 5.26 Å². The van der Waals surface area contributed by atoms with E-state index in [1.807, 2.05) is 12.4 Å². The smallest absolute Gasteiger partial charge is 0.324 e. The Morgan fingerprint density at radius 1 is 1.16 bits per heavy atom. The van der Waals surface area contributed by atoms with Crippen LogP contribution in [0, 0.1) is 23.2 Å². The van der Waals surface area contributed by atoms with Crippen molar-refractivity contribution < 1.29 is 18.0 Å². The van der Waals surface area contributed by atoms with Gasteiger partial charge < -0.3 is 15.5 Å². The number of anilines is 1. The van der Waals surface area contributed by atoms with E-state index in [2.05, 4.69) is 20.6 Å². The zero-order valence-electron chi connectivity index (χ0n) is 21.2. The molecule has 0 radical (unpaired) electrons. The van der Waals surface area contributed by atoms with Gasteiger partial charge in [0.2, 0.25) is 0 Å². The molecule has 37 heavy (non-hydrogen) atoms. The van der Waals surface area contributed by atoms with Gasteiger partial charge >= 0.3 is 6.18 Å². The van der Waals surface area contributed by atoms with Crippen LogP contribution in [-0.4, -0.2) is 52.8 Å². The molecule has 3 fully saturated rings. The molecule has 1 amide bonds. The molecule has 10 heteroatoms. The van der Waals surface area contributed by atoms with Crippen molar-refractivity contribution >= 4 is 11.6 Å². The molecule has 1 aromatic heterocycles. The second-order valence-electron chi connectivity index (χ2n) is 11.2. The number of halogens is 3. The molecule has 2 aromatic rings. The summed E-state index contributed by atoms with van der Waals surface area (Å²) in [5.41, 5.74) is -1.61. The fraction of sp³-hybridized carbons (Fsp3) is 0.593. The Hall–Kier alpha value is -2.90. The number of amides is 1. The average molecular weight is 515 g/mol. The van der Waals surface area contributed by atoms with Crippen LogP contribution in [0.2, 0.25) is 0 Å². The van der Waals surface area contributed by atoms with Gasteiger partial charge in [0, 0.05) is 17.9 Å². The standard InChI is InChI=1S/C27H33F3N6O/c1-26(2,25(37)34-22-4-3-18(12-31)24(11-22)27(28,29)30)36-16-21(15-33-36)17-5-7-35(8-6-17)23-9-19-13-32-14-20(19)10-23/h3-4,11,15-17,19-20,23,32H,5-10,13-14H2,1-2H3,(H,34,37)/t19-,20+,23?. The van der Waals surface area contributed by atoms with Gasteiger partial charge in [-0.05, 0) is 107 Å². The first-order valence-electron chi connectivity index (χ1n) is 13.0. The maximum absolute atomic E-state index is 13.3. The molecular formula is C27H33F3N6O. The molecule has 1 saturated carbocycles. The third-order valence-corrected chi connectivity index (χ3v) is 8.58. The number of carbonyl (C=O) groups excluding carboxylic acids is 1. The quantitative estimate of drug-likeness (QED) is 0.621. The number of alkyl halides is 3. The van der Waals surface area contributed by atoms with Crippen molar-refractivity contribution in [3.63, 3.8) is 0 Å². The number of hydrogen-bond donors (Lipinski definition) is 2. The van der Waals surface area contributed by atoms with Crippen LogP contribution in [0.5, 0.6) is 0 Å². The van der Waals surface area contributed by atoms with Crippen LogP contribution in [0.3, 0.4) is 0 Å². The largest absolute Gasteiger partial charge is 0.417 e. The molecule has 198 valence electrons. The highest BCUT2D eigenvalue weighted by atomic mass is 19.4. The van der Waals surface area contributed by atoms with E-state index in [1.165, 1.54) is 18.9 Å². The maximum atomic E-state index is 13.3. The monoisotopic (exact) mass is 514 g/mol. The maximum Gasteiger partial charge on any atom is 0.417 e. The minimum Gasteiger partial charge on any atom is -0.324 e. The van der Waals surface area contributed by atoms with Crippen LogP contribution in [0.4, 0.5) is 18.9 Å². The molecule has 0 bridgehead atoms. The molecule has 7 nitrogen and oxygen atoms in total. The van der Waals surface area contributed by atoms with Crippen molar-refractivity contribution in [3.05, 3.63) is 47.3 Å². The van der Waals surface area contributed by atoms with Crippen molar-refractivity contribution in [1.82, 2.24) is 20.0 Å². The van der Waals surface area contributed by atoms with Gasteiger partial charge in [0.25, 0.3) is 5.91 Å². The number of piperidine rings is 1. The summed E-state index contributed by atoms with van der Waals surface area (Å²) in [6.45, 7) is 7.82. The molecule has 5 rings (SSSR count). The van der Waals surface area contributed by atoms with Gasteiger partial charge in [-0.3, -0.25) is 9.48 Å². The van der Waals surface area contributed by atoms with Gasteiger partial charge in [-0.25, -0.2) is 0 Å². The fourth-order valence-electron chi connectivity index (χ4n) is 6.23.